The first-order valence-corrected chi connectivity index (χ1v) is 8.94. The van der Waals surface area contributed by atoms with Crippen LogP contribution >= 0.6 is 0 Å². The van der Waals surface area contributed by atoms with Crippen LogP contribution in [0.15, 0.2) is 12.1 Å². The van der Waals surface area contributed by atoms with Gasteiger partial charge in [-0.25, -0.2) is 0 Å². The van der Waals surface area contributed by atoms with Gasteiger partial charge in [-0.15, -0.1) is 0 Å². The van der Waals surface area contributed by atoms with Crippen LogP contribution in [0, 0.1) is 6.92 Å². The molecule has 13 heteroatoms. The van der Waals surface area contributed by atoms with Crippen LogP contribution in [0.2, 0.25) is 0 Å². The second-order valence-corrected chi connectivity index (χ2v) is 8.24. The van der Waals surface area contributed by atoms with Gasteiger partial charge in [0.25, 0.3) is 0 Å². The molecule has 1 aromatic heterocycles. The number of aromatic amines is 1. The van der Waals surface area contributed by atoms with Crippen LogP contribution in [0.4, 0.5) is 26.3 Å². The zero-order valence-electron chi connectivity index (χ0n) is 14.9. The lowest BCUT2D eigenvalue weighted by Crippen LogP contribution is -2.29. The molecule has 0 radical (unpaired) electrons. The van der Waals surface area contributed by atoms with E-state index in [4.69, 9.17) is 9.78 Å². The number of halogens is 6. The van der Waals surface area contributed by atoms with Gasteiger partial charge in [0.05, 0.1) is 16.6 Å². The fourth-order valence-electron chi connectivity index (χ4n) is 2.16. The summed E-state index contributed by atoms with van der Waals surface area (Å²) in [6.45, 7) is 5.99. The molecule has 2 aromatic rings. The number of benzene rings is 1. The summed E-state index contributed by atoms with van der Waals surface area (Å²) >= 11 is 0. The Morgan fingerprint density at radius 3 is 2.04 bits per heavy atom. The largest absolute Gasteiger partial charge is 0.534 e. The van der Waals surface area contributed by atoms with E-state index in [9.17, 15) is 34.8 Å². The van der Waals surface area contributed by atoms with Gasteiger partial charge in [0, 0.05) is 0 Å². The molecule has 0 fully saturated rings. The second kappa shape index (κ2) is 6.72. The maximum atomic E-state index is 13.6. The van der Waals surface area contributed by atoms with E-state index in [1.807, 2.05) is 0 Å². The third kappa shape index (κ3) is 4.46. The molecule has 2 rings (SSSR count). The predicted octanol–water partition coefficient (Wildman–Crippen LogP) is 4.83. The maximum Gasteiger partial charge on any atom is 0.534 e. The molecule has 1 aromatic carbocycles. The van der Waals surface area contributed by atoms with Crippen LogP contribution < -0.4 is 9.07 Å². The minimum Gasteiger partial charge on any atom is -0.375 e. The number of fused-ring (bicyclic) bond motifs is 1. The summed E-state index contributed by atoms with van der Waals surface area (Å²) in [6.07, 6.45) is -5.27. The second-order valence-electron chi connectivity index (χ2n) is 6.70. The number of aryl methyl sites for hydroxylation is 1. The highest BCUT2D eigenvalue weighted by Crippen LogP contribution is 2.47. The molecule has 0 aliphatic rings. The molecule has 0 saturated heterocycles. The first-order valence-electron chi connectivity index (χ1n) is 7.53. The van der Waals surface area contributed by atoms with E-state index in [2.05, 4.69) is 9.17 Å². The number of nitrogens with one attached hydrogen (secondary N) is 1. The molecule has 0 atom stereocenters. The van der Waals surface area contributed by atoms with E-state index in [0.717, 1.165) is 6.07 Å². The smallest absolute Gasteiger partial charge is 0.375 e. The Balaban J connectivity index is 2.74. The monoisotopic (exact) mass is 435 g/mol. The standard InChI is InChI=1S/C15H15F6NO5S/c1-7-12(25-27-13(2,3)4)10-8(22-7)5-6-9(11(10)14(16,17)18)26-28(23,24)15(19,20)21/h5-6,22H,1-4H3. The molecule has 0 aliphatic carbocycles. The van der Waals surface area contributed by atoms with Crippen LogP contribution in [0.1, 0.15) is 32.0 Å². The molecular weight excluding hydrogens is 420 g/mol. The van der Waals surface area contributed by atoms with E-state index in [1.165, 1.54) is 6.92 Å². The van der Waals surface area contributed by atoms with E-state index in [-0.39, 0.29) is 11.2 Å². The fourth-order valence-corrected chi connectivity index (χ4v) is 2.63. The SMILES string of the molecule is Cc1[nH]c2ccc(OS(=O)(=O)C(F)(F)F)c(C(F)(F)F)c2c1OOC(C)(C)C. The van der Waals surface area contributed by atoms with Crippen molar-refractivity contribution in [3.05, 3.63) is 23.4 Å². The summed E-state index contributed by atoms with van der Waals surface area (Å²) in [5, 5.41) is -0.732. The Labute approximate surface area is 155 Å². The number of aromatic nitrogens is 1. The Hall–Kier alpha value is -2.15. The van der Waals surface area contributed by atoms with Gasteiger partial charge in [0.1, 0.15) is 11.2 Å². The van der Waals surface area contributed by atoms with Crippen molar-refractivity contribution in [1.82, 2.24) is 4.98 Å². The van der Waals surface area contributed by atoms with Crippen LogP contribution in [0.5, 0.6) is 11.5 Å². The highest BCUT2D eigenvalue weighted by atomic mass is 32.2. The van der Waals surface area contributed by atoms with Gasteiger partial charge in [-0.05, 0) is 39.8 Å². The molecule has 6 nitrogen and oxygen atoms in total. The van der Waals surface area contributed by atoms with Crippen molar-refractivity contribution in [3.63, 3.8) is 0 Å². The van der Waals surface area contributed by atoms with Crippen LogP contribution in [0.3, 0.4) is 0 Å². The topological polar surface area (TPSA) is 77.6 Å². The van der Waals surface area contributed by atoms with Gasteiger partial charge in [-0.3, -0.25) is 0 Å². The van der Waals surface area contributed by atoms with Gasteiger partial charge in [0.2, 0.25) is 0 Å². The molecule has 0 amide bonds. The molecule has 1 heterocycles. The molecule has 0 unspecified atom stereocenters. The highest BCUT2D eigenvalue weighted by Gasteiger charge is 2.50. The van der Waals surface area contributed by atoms with Gasteiger partial charge in [-0.1, -0.05) is 0 Å². The molecule has 0 spiro atoms. The number of hydrogen-bond acceptors (Lipinski definition) is 5. The van der Waals surface area contributed by atoms with Gasteiger partial charge >= 0.3 is 21.8 Å². The zero-order chi connectivity index (χ0) is 21.7. The Morgan fingerprint density at radius 2 is 1.57 bits per heavy atom. The molecule has 1 N–H and O–H groups in total. The van der Waals surface area contributed by atoms with Crippen molar-refractivity contribution in [3.8, 4) is 11.5 Å². The minimum atomic E-state index is -6.33. The molecular formula is C15H15F6NO5S. The predicted molar refractivity (Wildman–Crippen MR) is 85.1 cm³/mol. The maximum absolute atomic E-state index is 13.6. The lowest BCUT2D eigenvalue weighted by atomic mass is 10.1. The first kappa shape index (κ1) is 22.1. The van der Waals surface area contributed by atoms with E-state index < -0.39 is 49.9 Å². The lowest BCUT2D eigenvalue weighted by molar-refractivity contribution is -0.274. The summed E-state index contributed by atoms with van der Waals surface area (Å²) in [5.41, 5.74) is -8.69. The van der Waals surface area contributed by atoms with Gasteiger partial charge in [0.15, 0.2) is 11.5 Å². The van der Waals surface area contributed by atoms with Crippen molar-refractivity contribution >= 4 is 21.0 Å². The van der Waals surface area contributed by atoms with E-state index in [1.54, 1.807) is 20.8 Å². The third-order valence-electron chi connectivity index (χ3n) is 3.20. The minimum absolute atomic E-state index is 0.0700. The number of hydrogen-bond donors (Lipinski definition) is 1. The Bertz CT molecular complexity index is 985. The van der Waals surface area contributed by atoms with Gasteiger partial charge < -0.3 is 14.1 Å². The van der Waals surface area contributed by atoms with Crippen molar-refractivity contribution in [2.45, 2.75) is 45.0 Å². The summed E-state index contributed by atoms with van der Waals surface area (Å²) in [7, 11) is -6.33. The Kier molecular flexibility index (Phi) is 5.32. The molecule has 28 heavy (non-hydrogen) atoms. The summed E-state index contributed by atoms with van der Waals surface area (Å²) in [4.78, 5) is 12.5. The molecule has 0 bridgehead atoms. The molecule has 0 aliphatic heterocycles. The number of rotatable bonds is 4. The summed E-state index contributed by atoms with van der Waals surface area (Å²) in [6, 6.07) is 1.40. The quantitative estimate of drug-likeness (QED) is 0.245. The van der Waals surface area contributed by atoms with Crippen molar-refractivity contribution in [2.75, 3.05) is 0 Å². The lowest BCUT2D eigenvalue weighted by Gasteiger charge is -2.19. The van der Waals surface area contributed by atoms with Crippen molar-refractivity contribution in [2.24, 2.45) is 0 Å². The molecule has 0 saturated carbocycles. The summed E-state index contributed by atoms with van der Waals surface area (Å²) in [5.74, 6) is -2.01. The normalized spacial score (nSPS) is 13.8. The van der Waals surface area contributed by atoms with Crippen LogP contribution in [-0.4, -0.2) is 24.5 Å². The third-order valence-corrected chi connectivity index (χ3v) is 4.16. The highest BCUT2D eigenvalue weighted by molar-refractivity contribution is 7.88. The van der Waals surface area contributed by atoms with Crippen molar-refractivity contribution < 1.29 is 48.7 Å². The fraction of sp³-hybridized carbons (Fsp3) is 0.467. The van der Waals surface area contributed by atoms with E-state index in [0.29, 0.717) is 6.07 Å². The average molecular weight is 435 g/mol. The zero-order valence-corrected chi connectivity index (χ0v) is 15.7. The van der Waals surface area contributed by atoms with Gasteiger partial charge in [-0.2, -0.15) is 39.6 Å². The van der Waals surface area contributed by atoms with Crippen LogP contribution in [0.25, 0.3) is 10.9 Å². The molecule has 158 valence electrons. The van der Waals surface area contributed by atoms with Crippen molar-refractivity contribution in [1.29, 1.82) is 0 Å². The Morgan fingerprint density at radius 1 is 1.00 bits per heavy atom. The van der Waals surface area contributed by atoms with Crippen LogP contribution in [-0.2, 0) is 21.2 Å². The summed E-state index contributed by atoms with van der Waals surface area (Å²) < 4.78 is 105. The average Bonchev–Trinajstić information content (AvgIpc) is 2.76. The number of H-pyrrole nitrogens is 1. The van der Waals surface area contributed by atoms with E-state index >= 15 is 0 Å². The number of alkyl halides is 6. The first-order chi connectivity index (χ1) is 12.4.